The number of hydrogen-bond donors (Lipinski definition) is 1. The zero-order valence-electron chi connectivity index (χ0n) is 11.8. The molecule has 0 saturated carbocycles. The van der Waals surface area contributed by atoms with E-state index in [0.29, 0.717) is 27.8 Å². The van der Waals surface area contributed by atoms with Gasteiger partial charge in [0.15, 0.2) is 24.4 Å². The molecule has 1 N–H and O–H groups in total. The first-order valence-corrected chi connectivity index (χ1v) is 7.23. The molecule has 0 aliphatic rings. The van der Waals surface area contributed by atoms with Gasteiger partial charge >= 0.3 is 0 Å². The number of anilines is 1. The van der Waals surface area contributed by atoms with Crippen LogP contribution in [0.15, 0.2) is 46.9 Å². The Hall–Kier alpha value is -2.34. The summed E-state index contributed by atoms with van der Waals surface area (Å²) in [5.74, 6) is 0.293. The Balaban J connectivity index is 2.08. The van der Waals surface area contributed by atoms with E-state index in [1.165, 1.54) is 7.11 Å². The third-order valence-electron chi connectivity index (χ3n) is 2.80. The molecule has 0 heterocycles. The second kappa shape index (κ2) is 7.61. The minimum absolute atomic E-state index is 0.228. The lowest BCUT2D eigenvalue weighted by atomic mass is 10.2. The normalized spacial score (nSPS) is 9.91. The van der Waals surface area contributed by atoms with Gasteiger partial charge in [0.2, 0.25) is 0 Å². The maximum Gasteiger partial charge on any atom is 0.262 e. The van der Waals surface area contributed by atoms with Crippen LogP contribution in [0.1, 0.15) is 10.4 Å². The number of benzene rings is 2. The van der Waals surface area contributed by atoms with E-state index < -0.39 is 0 Å². The van der Waals surface area contributed by atoms with Crippen LogP contribution in [0.25, 0.3) is 0 Å². The van der Waals surface area contributed by atoms with Gasteiger partial charge in [0.05, 0.1) is 12.7 Å². The van der Waals surface area contributed by atoms with Crippen molar-refractivity contribution in [2.45, 2.75) is 0 Å². The zero-order valence-corrected chi connectivity index (χ0v) is 13.4. The first-order chi connectivity index (χ1) is 10.6. The summed E-state index contributed by atoms with van der Waals surface area (Å²) in [4.78, 5) is 23.0. The Morgan fingerprint density at radius 2 is 2.00 bits per heavy atom. The van der Waals surface area contributed by atoms with E-state index in [-0.39, 0.29) is 18.3 Å². The fraction of sp³-hybridized carbons (Fsp3) is 0.125. The highest BCUT2D eigenvalue weighted by atomic mass is 79.9. The summed E-state index contributed by atoms with van der Waals surface area (Å²) in [6, 6.07) is 12.3. The number of hydrogen-bond acceptors (Lipinski definition) is 4. The fourth-order valence-corrected chi connectivity index (χ4v) is 2.29. The van der Waals surface area contributed by atoms with Crippen molar-refractivity contribution in [2.75, 3.05) is 19.0 Å². The van der Waals surface area contributed by atoms with E-state index in [9.17, 15) is 9.59 Å². The minimum Gasteiger partial charge on any atom is -0.493 e. The molecule has 114 valence electrons. The number of aldehydes is 1. The number of para-hydroxylation sites is 1. The maximum atomic E-state index is 11.9. The lowest BCUT2D eigenvalue weighted by Gasteiger charge is -2.13. The van der Waals surface area contributed by atoms with Crippen LogP contribution in [0.4, 0.5) is 5.69 Å². The molecular weight excluding hydrogens is 350 g/mol. The van der Waals surface area contributed by atoms with Crippen LogP contribution < -0.4 is 14.8 Å². The molecule has 2 aromatic rings. The molecule has 0 atom stereocenters. The van der Waals surface area contributed by atoms with E-state index in [4.69, 9.17) is 9.47 Å². The lowest BCUT2D eigenvalue weighted by Crippen LogP contribution is -2.20. The van der Waals surface area contributed by atoms with Crippen LogP contribution in [0.5, 0.6) is 11.5 Å². The zero-order chi connectivity index (χ0) is 15.9. The van der Waals surface area contributed by atoms with Gasteiger partial charge in [-0.2, -0.15) is 0 Å². The monoisotopic (exact) mass is 363 g/mol. The van der Waals surface area contributed by atoms with E-state index in [1.54, 1.807) is 24.3 Å². The molecule has 0 fully saturated rings. The molecule has 0 bridgehead atoms. The molecule has 0 unspecified atom stereocenters. The number of methoxy groups -OCH3 is 1. The van der Waals surface area contributed by atoms with Crippen LogP contribution in [0.3, 0.4) is 0 Å². The van der Waals surface area contributed by atoms with E-state index in [2.05, 4.69) is 21.2 Å². The number of nitrogens with one attached hydrogen (secondary N) is 1. The molecule has 0 spiro atoms. The second-order valence-corrected chi connectivity index (χ2v) is 5.26. The number of halogens is 1. The third-order valence-corrected chi connectivity index (χ3v) is 3.26. The summed E-state index contributed by atoms with van der Waals surface area (Å²) in [6.07, 6.45) is 0.651. The Bertz CT molecular complexity index is 673. The van der Waals surface area contributed by atoms with E-state index in [1.807, 2.05) is 18.2 Å². The van der Waals surface area contributed by atoms with Crippen LogP contribution in [0, 0.1) is 0 Å². The highest BCUT2D eigenvalue weighted by Gasteiger charge is 2.14. The quantitative estimate of drug-likeness (QED) is 0.799. The minimum atomic E-state index is -0.326. The highest BCUT2D eigenvalue weighted by molar-refractivity contribution is 9.10. The number of carbonyl (C=O) groups excluding carboxylic acids is 2. The van der Waals surface area contributed by atoms with Gasteiger partial charge in [0.25, 0.3) is 5.91 Å². The molecule has 0 aliphatic carbocycles. The van der Waals surface area contributed by atoms with Crippen molar-refractivity contribution in [1.29, 1.82) is 0 Å². The van der Waals surface area contributed by atoms with Gasteiger partial charge < -0.3 is 14.8 Å². The van der Waals surface area contributed by atoms with Gasteiger partial charge in [-0.25, -0.2) is 0 Å². The molecule has 0 saturated heterocycles. The van der Waals surface area contributed by atoms with Gasteiger partial charge in [-0.1, -0.05) is 34.1 Å². The van der Waals surface area contributed by atoms with Crippen LogP contribution in [-0.2, 0) is 4.79 Å². The Labute approximate surface area is 136 Å². The van der Waals surface area contributed by atoms with Gasteiger partial charge in [-0.3, -0.25) is 9.59 Å². The second-order valence-electron chi connectivity index (χ2n) is 4.35. The SMILES string of the molecule is COc1cc(Br)cc(C=O)c1OCC(=O)Nc1ccccc1. The predicted molar refractivity (Wildman–Crippen MR) is 86.6 cm³/mol. The third kappa shape index (κ3) is 4.08. The topological polar surface area (TPSA) is 64.6 Å². The molecule has 0 aromatic heterocycles. The molecule has 0 aliphatic heterocycles. The number of amides is 1. The first kappa shape index (κ1) is 16.0. The molecule has 2 aromatic carbocycles. The average Bonchev–Trinajstić information content (AvgIpc) is 2.53. The first-order valence-electron chi connectivity index (χ1n) is 6.44. The fourth-order valence-electron chi connectivity index (χ4n) is 1.84. The molecule has 2 rings (SSSR count). The summed E-state index contributed by atoms with van der Waals surface area (Å²) in [6.45, 7) is -0.228. The van der Waals surface area contributed by atoms with E-state index >= 15 is 0 Å². The predicted octanol–water partition coefficient (Wildman–Crippen LogP) is 3.29. The van der Waals surface area contributed by atoms with Crippen LogP contribution >= 0.6 is 15.9 Å². The summed E-state index contributed by atoms with van der Waals surface area (Å²) in [5, 5.41) is 2.70. The molecule has 6 heteroatoms. The number of carbonyl (C=O) groups is 2. The lowest BCUT2D eigenvalue weighted by molar-refractivity contribution is -0.118. The van der Waals surface area contributed by atoms with Crippen molar-refractivity contribution in [2.24, 2.45) is 0 Å². The summed E-state index contributed by atoms with van der Waals surface area (Å²) >= 11 is 3.28. The van der Waals surface area contributed by atoms with Gasteiger partial charge in [0.1, 0.15) is 0 Å². The smallest absolute Gasteiger partial charge is 0.262 e. The van der Waals surface area contributed by atoms with Crippen LogP contribution in [0.2, 0.25) is 0 Å². The van der Waals surface area contributed by atoms with Gasteiger partial charge in [-0.15, -0.1) is 0 Å². The Kier molecular flexibility index (Phi) is 5.55. The van der Waals surface area contributed by atoms with Crippen molar-refractivity contribution in [3.63, 3.8) is 0 Å². The van der Waals surface area contributed by atoms with Crippen molar-refractivity contribution >= 4 is 33.8 Å². The number of ether oxygens (including phenoxy) is 2. The molecule has 0 radical (unpaired) electrons. The summed E-state index contributed by atoms with van der Waals surface area (Å²) in [7, 11) is 1.47. The summed E-state index contributed by atoms with van der Waals surface area (Å²) < 4.78 is 11.3. The molecule has 22 heavy (non-hydrogen) atoms. The Morgan fingerprint density at radius 3 is 2.64 bits per heavy atom. The van der Waals surface area contributed by atoms with Crippen molar-refractivity contribution in [3.05, 3.63) is 52.5 Å². The van der Waals surface area contributed by atoms with Gasteiger partial charge in [0, 0.05) is 10.2 Å². The molecule has 1 amide bonds. The number of rotatable bonds is 6. The Morgan fingerprint density at radius 1 is 1.27 bits per heavy atom. The van der Waals surface area contributed by atoms with E-state index in [0.717, 1.165) is 0 Å². The van der Waals surface area contributed by atoms with Crippen LogP contribution in [-0.4, -0.2) is 25.9 Å². The van der Waals surface area contributed by atoms with Crippen molar-refractivity contribution in [1.82, 2.24) is 0 Å². The van der Waals surface area contributed by atoms with Crippen molar-refractivity contribution in [3.8, 4) is 11.5 Å². The van der Waals surface area contributed by atoms with Gasteiger partial charge in [-0.05, 0) is 24.3 Å². The molecular formula is C16H14BrNO4. The highest BCUT2D eigenvalue weighted by Crippen LogP contribution is 2.33. The average molecular weight is 364 g/mol. The largest absolute Gasteiger partial charge is 0.493 e. The maximum absolute atomic E-state index is 11.9. The molecule has 5 nitrogen and oxygen atoms in total. The summed E-state index contributed by atoms with van der Waals surface area (Å²) in [5.41, 5.74) is 0.980. The van der Waals surface area contributed by atoms with Crippen molar-refractivity contribution < 1.29 is 19.1 Å². The standard InChI is InChI=1S/C16H14BrNO4/c1-21-14-8-12(17)7-11(9-19)16(14)22-10-15(20)18-13-5-3-2-4-6-13/h2-9H,10H2,1H3,(H,18,20).